The van der Waals surface area contributed by atoms with Crippen LogP contribution in [0.25, 0.3) is 0 Å². The summed E-state index contributed by atoms with van der Waals surface area (Å²) in [5.74, 6) is 0. The van der Waals surface area contributed by atoms with Crippen LogP contribution in [0.2, 0.25) is 0 Å². The van der Waals surface area contributed by atoms with Crippen molar-refractivity contribution in [3.63, 3.8) is 0 Å². The Balaban J connectivity index is 0.000000363. The van der Waals surface area contributed by atoms with Gasteiger partial charge < -0.3 is 20.4 Å². The minimum Gasteiger partial charge on any atom is -0.393 e. The van der Waals surface area contributed by atoms with Crippen LogP contribution in [0.15, 0.2) is 0 Å². The quantitative estimate of drug-likeness (QED) is 0.365. The highest BCUT2D eigenvalue weighted by molar-refractivity contribution is 4.63. The molecule has 0 amide bonds. The zero-order valence-electron chi connectivity index (χ0n) is 20.2. The SMILES string of the molecule is CC.OC1CCCCC1.OC1CCCCC1.OC1CCCCC1.OC1CCCCC1. The molecule has 4 fully saturated rings. The zero-order chi connectivity index (χ0) is 22.5. The maximum atomic E-state index is 8.91. The highest BCUT2D eigenvalue weighted by atomic mass is 16.3. The summed E-state index contributed by atoms with van der Waals surface area (Å²) in [6, 6.07) is 0. The Hall–Kier alpha value is -0.160. The zero-order valence-corrected chi connectivity index (χ0v) is 20.2. The molecule has 30 heavy (non-hydrogen) atoms. The first kappa shape index (κ1) is 29.8. The molecule has 4 N–H and O–H groups in total. The molecule has 4 rings (SSSR count). The van der Waals surface area contributed by atoms with Crippen LogP contribution in [0.5, 0.6) is 0 Å². The number of hydrogen-bond acceptors (Lipinski definition) is 4. The van der Waals surface area contributed by atoms with Crippen LogP contribution in [-0.4, -0.2) is 44.8 Å². The predicted octanol–water partition coefficient (Wildman–Crippen LogP) is 6.27. The van der Waals surface area contributed by atoms with Gasteiger partial charge in [0, 0.05) is 0 Å². The van der Waals surface area contributed by atoms with Crippen molar-refractivity contribution in [3.05, 3.63) is 0 Å². The normalized spacial score (nSPS) is 23.8. The van der Waals surface area contributed by atoms with E-state index in [-0.39, 0.29) is 24.4 Å². The van der Waals surface area contributed by atoms with E-state index in [4.69, 9.17) is 20.4 Å². The predicted molar refractivity (Wildman–Crippen MR) is 128 cm³/mol. The summed E-state index contributed by atoms with van der Waals surface area (Å²) in [6.07, 6.45) is 23.7. The molecule has 0 saturated heterocycles. The van der Waals surface area contributed by atoms with Crippen molar-refractivity contribution < 1.29 is 20.4 Å². The molecule has 0 aromatic carbocycles. The summed E-state index contributed by atoms with van der Waals surface area (Å²) in [6.45, 7) is 4.00. The smallest absolute Gasteiger partial charge is 0.0540 e. The lowest BCUT2D eigenvalue weighted by Gasteiger charge is -2.14. The van der Waals surface area contributed by atoms with Crippen molar-refractivity contribution in [1.82, 2.24) is 0 Å². The Morgan fingerprint density at radius 3 is 0.500 bits per heavy atom. The van der Waals surface area contributed by atoms with E-state index in [1.165, 1.54) is 77.0 Å². The lowest BCUT2D eigenvalue weighted by molar-refractivity contribution is 0.130. The van der Waals surface area contributed by atoms with E-state index < -0.39 is 0 Å². The van der Waals surface area contributed by atoms with Crippen molar-refractivity contribution in [2.75, 3.05) is 0 Å². The van der Waals surface area contributed by atoms with Gasteiger partial charge in [0.25, 0.3) is 0 Å². The van der Waals surface area contributed by atoms with E-state index in [9.17, 15) is 0 Å². The third-order valence-electron chi connectivity index (χ3n) is 6.30. The highest BCUT2D eigenvalue weighted by Crippen LogP contribution is 2.18. The van der Waals surface area contributed by atoms with E-state index >= 15 is 0 Å². The van der Waals surface area contributed by atoms with Crippen molar-refractivity contribution in [1.29, 1.82) is 0 Å². The number of aliphatic hydroxyl groups excluding tert-OH is 4. The maximum Gasteiger partial charge on any atom is 0.0540 e. The van der Waals surface area contributed by atoms with Crippen molar-refractivity contribution in [3.8, 4) is 0 Å². The van der Waals surface area contributed by atoms with E-state index in [2.05, 4.69) is 0 Å². The third-order valence-corrected chi connectivity index (χ3v) is 6.30. The Bertz CT molecular complexity index is 249. The largest absolute Gasteiger partial charge is 0.393 e. The first-order chi connectivity index (χ1) is 14.6. The maximum absolute atomic E-state index is 8.91. The van der Waals surface area contributed by atoms with Gasteiger partial charge in [-0.15, -0.1) is 0 Å². The molecule has 0 aliphatic heterocycles. The fourth-order valence-electron chi connectivity index (χ4n) is 4.32. The Kier molecular flexibility index (Phi) is 21.9. The molecule has 0 aromatic heterocycles. The summed E-state index contributed by atoms with van der Waals surface area (Å²) < 4.78 is 0. The van der Waals surface area contributed by atoms with Crippen molar-refractivity contribution in [2.24, 2.45) is 0 Å². The third kappa shape index (κ3) is 19.8. The van der Waals surface area contributed by atoms with Gasteiger partial charge in [-0.25, -0.2) is 0 Å². The fourth-order valence-corrected chi connectivity index (χ4v) is 4.32. The van der Waals surface area contributed by atoms with E-state index in [1.54, 1.807) is 0 Å². The molecular weight excluding hydrogens is 376 g/mol. The molecule has 0 radical (unpaired) electrons. The second-order valence-corrected chi connectivity index (χ2v) is 9.17. The van der Waals surface area contributed by atoms with Crippen LogP contribution in [0.1, 0.15) is 142 Å². The highest BCUT2D eigenvalue weighted by Gasteiger charge is 2.09. The minimum absolute atomic E-state index is 0.0359. The van der Waals surface area contributed by atoms with Crippen LogP contribution >= 0.6 is 0 Å². The topological polar surface area (TPSA) is 80.9 Å². The standard InChI is InChI=1S/4C6H12O.C2H6/c4*7-6-4-2-1-3-5-6;1-2/h4*6-7H,1-5H2;1-2H3. The summed E-state index contributed by atoms with van der Waals surface area (Å²) in [5.41, 5.74) is 0. The monoisotopic (exact) mass is 430 g/mol. The van der Waals surface area contributed by atoms with Crippen LogP contribution < -0.4 is 0 Å². The van der Waals surface area contributed by atoms with Gasteiger partial charge in [-0.1, -0.05) is 90.9 Å². The van der Waals surface area contributed by atoms with Gasteiger partial charge in [0.15, 0.2) is 0 Å². The molecule has 0 unspecified atom stereocenters. The first-order valence-corrected chi connectivity index (χ1v) is 13.3. The molecule has 0 atom stereocenters. The van der Waals surface area contributed by atoms with Crippen molar-refractivity contribution >= 4 is 0 Å². The minimum atomic E-state index is 0.0359. The van der Waals surface area contributed by atoms with Gasteiger partial charge in [0.2, 0.25) is 0 Å². The number of aliphatic hydroxyl groups is 4. The molecule has 4 nitrogen and oxygen atoms in total. The molecule has 4 aliphatic rings. The van der Waals surface area contributed by atoms with E-state index in [0.717, 1.165) is 51.4 Å². The molecule has 0 heterocycles. The molecule has 0 bridgehead atoms. The summed E-state index contributed by atoms with van der Waals surface area (Å²) in [5, 5.41) is 35.6. The lowest BCUT2D eigenvalue weighted by Crippen LogP contribution is -2.09. The van der Waals surface area contributed by atoms with Crippen LogP contribution in [0.4, 0.5) is 0 Å². The van der Waals surface area contributed by atoms with Gasteiger partial charge in [0.05, 0.1) is 24.4 Å². The molecule has 0 spiro atoms. The fraction of sp³-hybridized carbons (Fsp3) is 1.00. The van der Waals surface area contributed by atoms with Crippen LogP contribution in [-0.2, 0) is 0 Å². The lowest BCUT2D eigenvalue weighted by atomic mass is 9.98. The van der Waals surface area contributed by atoms with Gasteiger partial charge >= 0.3 is 0 Å². The van der Waals surface area contributed by atoms with E-state index in [1.807, 2.05) is 13.8 Å². The molecule has 182 valence electrons. The average molecular weight is 431 g/mol. The van der Waals surface area contributed by atoms with E-state index in [0.29, 0.717) is 0 Å². The molecule has 4 aliphatic carbocycles. The summed E-state index contributed by atoms with van der Waals surface area (Å²) in [4.78, 5) is 0. The van der Waals surface area contributed by atoms with Crippen molar-refractivity contribution in [2.45, 2.75) is 167 Å². The van der Waals surface area contributed by atoms with Gasteiger partial charge in [0.1, 0.15) is 0 Å². The molecular formula is C26H54O4. The van der Waals surface area contributed by atoms with Gasteiger partial charge in [-0.2, -0.15) is 0 Å². The van der Waals surface area contributed by atoms with Crippen LogP contribution in [0.3, 0.4) is 0 Å². The molecule has 0 aromatic rings. The average Bonchev–Trinajstić information content (AvgIpc) is 2.79. The van der Waals surface area contributed by atoms with Gasteiger partial charge in [-0.05, 0) is 51.4 Å². The summed E-state index contributed by atoms with van der Waals surface area (Å²) in [7, 11) is 0. The van der Waals surface area contributed by atoms with Gasteiger partial charge in [-0.3, -0.25) is 0 Å². The first-order valence-electron chi connectivity index (χ1n) is 13.3. The Labute approximate surface area is 187 Å². The summed E-state index contributed by atoms with van der Waals surface area (Å²) >= 11 is 0. The Morgan fingerprint density at radius 2 is 0.433 bits per heavy atom. The van der Waals surface area contributed by atoms with Crippen LogP contribution in [0, 0.1) is 0 Å². The second-order valence-electron chi connectivity index (χ2n) is 9.17. The molecule has 4 saturated carbocycles. The molecule has 4 heteroatoms. The Morgan fingerprint density at radius 1 is 0.300 bits per heavy atom. The second kappa shape index (κ2) is 22.0. The number of hydrogen-bond donors (Lipinski definition) is 4. The number of rotatable bonds is 0.